The fourth-order valence-corrected chi connectivity index (χ4v) is 2.69. The zero-order valence-electron chi connectivity index (χ0n) is 11.6. The van der Waals surface area contributed by atoms with Crippen molar-refractivity contribution in [1.82, 2.24) is 10.5 Å². The highest BCUT2D eigenvalue weighted by atomic mass is 16.7. The van der Waals surface area contributed by atoms with Crippen LogP contribution in [-0.4, -0.2) is 17.0 Å². The summed E-state index contributed by atoms with van der Waals surface area (Å²) in [6.45, 7) is 1.89. The number of para-hydroxylation sites is 1. The number of carbonyl (C=O) groups excluding carboxylic acids is 1. The molecule has 1 amide bonds. The van der Waals surface area contributed by atoms with E-state index in [9.17, 15) is 4.79 Å². The van der Waals surface area contributed by atoms with Crippen molar-refractivity contribution in [3.63, 3.8) is 0 Å². The van der Waals surface area contributed by atoms with E-state index in [1.165, 1.54) is 12.8 Å². The van der Waals surface area contributed by atoms with E-state index >= 15 is 0 Å². The van der Waals surface area contributed by atoms with Crippen LogP contribution in [-0.2, 0) is 4.84 Å². The largest absolute Gasteiger partial charge is 0.275 e. The Balaban J connectivity index is 1.83. The predicted molar refractivity (Wildman–Crippen MR) is 77.3 cm³/mol. The van der Waals surface area contributed by atoms with Gasteiger partial charge in [0.1, 0.15) is 0 Å². The molecule has 0 aliphatic heterocycles. The van der Waals surface area contributed by atoms with Crippen molar-refractivity contribution in [2.75, 3.05) is 0 Å². The summed E-state index contributed by atoms with van der Waals surface area (Å²) in [5.41, 5.74) is 4.87. The first kappa shape index (κ1) is 13.1. The second-order valence-corrected chi connectivity index (χ2v) is 5.28. The fourth-order valence-electron chi connectivity index (χ4n) is 2.69. The standard InChI is InChI=1S/C16H18N2O2/c1-11-10-14(13-8-4-5-9-15(13)17-11)16(19)18-20-12-6-2-3-7-12/h4-5,8-10,12H,2-3,6-7H2,1H3,(H,18,19). The molecule has 0 atom stereocenters. The van der Waals surface area contributed by atoms with Gasteiger partial charge in [0.2, 0.25) is 0 Å². The number of rotatable bonds is 3. The van der Waals surface area contributed by atoms with E-state index in [0.717, 1.165) is 29.4 Å². The zero-order chi connectivity index (χ0) is 13.9. The van der Waals surface area contributed by atoms with Crippen LogP contribution in [0.4, 0.5) is 0 Å². The average molecular weight is 270 g/mol. The van der Waals surface area contributed by atoms with Crippen molar-refractivity contribution in [3.8, 4) is 0 Å². The molecule has 0 radical (unpaired) electrons. The second kappa shape index (κ2) is 5.59. The van der Waals surface area contributed by atoms with Crippen LogP contribution in [0.15, 0.2) is 30.3 Å². The summed E-state index contributed by atoms with van der Waals surface area (Å²) in [7, 11) is 0. The Morgan fingerprint density at radius 3 is 2.85 bits per heavy atom. The molecule has 0 spiro atoms. The number of benzene rings is 1. The number of aromatic nitrogens is 1. The van der Waals surface area contributed by atoms with Crippen LogP contribution in [0.2, 0.25) is 0 Å². The van der Waals surface area contributed by atoms with Crippen molar-refractivity contribution in [3.05, 3.63) is 41.6 Å². The molecule has 1 heterocycles. The Labute approximate surface area is 118 Å². The molecule has 4 heteroatoms. The predicted octanol–water partition coefficient (Wildman–Crippen LogP) is 3.15. The third kappa shape index (κ3) is 2.65. The Hall–Kier alpha value is -1.94. The first-order valence-corrected chi connectivity index (χ1v) is 7.06. The van der Waals surface area contributed by atoms with Crippen molar-refractivity contribution in [2.45, 2.75) is 38.7 Å². The van der Waals surface area contributed by atoms with E-state index in [0.29, 0.717) is 5.56 Å². The number of hydrogen-bond donors (Lipinski definition) is 1. The van der Waals surface area contributed by atoms with Gasteiger partial charge < -0.3 is 0 Å². The number of nitrogens with zero attached hydrogens (tertiary/aromatic N) is 1. The molecule has 1 N–H and O–H groups in total. The van der Waals surface area contributed by atoms with Crippen LogP contribution in [0, 0.1) is 6.92 Å². The van der Waals surface area contributed by atoms with E-state index in [1.807, 2.05) is 31.2 Å². The van der Waals surface area contributed by atoms with E-state index in [2.05, 4.69) is 10.5 Å². The first-order chi connectivity index (χ1) is 9.74. The molecule has 1 fully saturated rings. The Bertz CT molecular complexity index is 633. The summed E-state index contributed by atoms with van der Waals surface area (Å²) in [5, 5.41) is 0.852. The highest BCUT2D eigenvalue weighted by Crippen LogP contribution is 2.21. The minimum atomic E-state index is -0.196. The maximum Gasteiger partial charge on any atom is 0.275 e. The number of amides is 1. The molecule has 3 rings (SSSR count). The van der Waals surface area contributed by atoms with E-state index < -0.39 is 0 Å². The van der Waals surface area contributed by atoms with E-state index in [4.69, 9.17) is 4.84 Å². The SMILES string of the molecule is Cc1cc(C(=O)NOC2CCCC2)c2ccccc2n1. The van der Waals surface area contributed by atoms with Gasteiger partial charge in [0.05, 0.1) is 17.2 Å². The minimum Gasteiger partial charge on any atom is -0.270 e. The van der Waals surface area contributed by atoms with Gasteiger partial charge in [0.15, 0.2) is 0 Å². The van der Waals surface area contributed by atoms with Crippen molar-refractivity contribution in [2.24, 2.45) is 0 Å². The molecule has 2 aromatic rings. The maximum atomic E-state index is 12.3. The van der Waals surface area contributed by atoms with Crippen molar-refractivity contribution < 1.29 is 9.63 Å². The molecule has 0 bridgehead atoms. The van der Waals surface area contributed by atoms with Crippen LogP contribution in [0.5, 0.6) is 0 Å². The lowest BCUT2D eigenvalue weighted by Gasteiger charge is -2.12. The van der Waals surface area contributed by atoms with Gasteiger partial charge in [-0.15, -0.1) is 0 Å². The molecule has 20 heavy (non-hydrogen) atoms. The summed E-state index contributed by atoms with van der Waals surface area (Å²) in [6.07, 6.45) is 4.57. The summed E-state index contributed by atoms with van der Waals surface area (Å²) >= 11 is 0. The van der Waals surface area contributed by atoms with E-state index in [-0.39, 0.29) is 12.0 Å². The third-order valence-electron chi connectivity index (χ3n) is 3.71. The highest BCUT2D eigenvalue weighted by Gasteiger charge is 2.18. The van der Waals surface area contributed by atoms with Crippen LogP contribution >= 0.6 is 0 Å². The lowest BCUT2D eigenvalue weighted by molar-refractivity contribution is -0.0124. The lowest BCUT2D eigenvalue weighted by atomic mass is 10.1. The smallest absolute Gasteiger partial charge is 0.270 e. The summed E-state index contributed by atoms with van der Waals surface area (Å²) in [6, 6.07) is 9.46. The molecule has 0 unspecified atom stereocenters. The number of fused-ring (bicyclic) bond motifs is 1. The number of aryl methyl sites for hydroxylation is 1. The monoisotopic (exact) mass is 270 g/mol. The normalized spacial score (nSPS) is 15.7. The van der Waals surface area contributed by atoms with Gasteiger partial charge in [-0.25, -0.2) is 5.48 Å². The molecule has 1 aromatic carbocycles. The molecular formula is C16H18N2O2. The van der Waals surface area contributed by atoms with Gasteiger partial charge in [-0.05, 0) is 31.9 Å². The third-order valence-corrected chi connectivity index (χ3v) is 3.71. The molecule has 0 saturated heterocycles. The van der Waals surface area contributed by atoms with Gasteiger partial charge in [-0.2, -0.15) is 0 Å². The van der Waals surface area contributed by atoms with Crippen LogP contribution in [0.25, 0.3) is 10.9 Å². The summed E-state index contributed by atoms with van der Waals surface area (Å²) < 4.78 is 0. The van der Waals surface area contributed by atoms with Crippen LogP contribution in [0.1, 0.15) is 41.7 Å². The van der Waals surface area contributed by atoms with Crippen molar-refractivity contribution >= 4 is 16.8 Å². The Kier molecular flexibility index (Phi) is 3.65. The van der Waals surface area contributed by atoms with Gasteiger partial charge in [0, 0.05) is 11.1 Å². The minimum absolute atomic E-state index is 0.160. The second-order valence-electron chi connectivity index (χ2n) is 5.28. The highest BCUT2D eigenvalue weighted by molar-refractivity contribution is 6.05. The maximum absolute atomic E-state index is 12.3. The topological polar surface area (TPSA) is 51.2 Å². The molecule has 1 aliphatic carbocycles. The Morgan fingerprint density at radius 2 is 2.05 bits per heavy atom. The summed E-state index contributed by atoms with van der Waals surface area (Å²) in [4.78, 5) is 22.2. The van der Waals surface area contributed by atoms with Crippen LogP contribution < -0.4 is 5.48 Å². The van der Waals surface area contributed by atoms with Gasteiger partial charge in [-0.1, -0.05) is 31.0 Å². The molecule has 1 aliphatic rings. The first-order valence-electron chi connectivity index (χ1n) is 7.06. The van der Waals surface area contributed by atoms with Gasteiger partial charge >= 0.3 is 0 Å². The quantitative estimate of drug-likeness (QED) is 0.872. The molecule has 4 nitrogen and oxygen atoms in total. The van der Waals surface area contributed by atoms with Crippen molar-refractivity contribution in [1.29, 1.82) is 0 Å². The number of hydrogen-bond acceptors (Lipinski definition) is 3. The zero-order valence-corrected chi connectivity index (χ0v) is 11.6. The molecular weight excluding hydrogens is 252 g/mol. The van der Waals surface area contributed by atoms with Gasteiger partial charge in [0.25, 0.3) is 5.91 Å². The lowest BCUT2D eigenvalue weighted by Crippen LogP contribution is -2.28. The fraction of sp³-hybridized carbons (Fsp3) is 0.375. The van der Waals surface area contributed by atoms with Gasteiger partial charge in [-0.3, -0.25) is 14.6 Å². The molecule has 1 saturated carbocycles. The molecule has 104 valence electrons. The van der Waals surface area contributed by atoms with E-state index in [1.54, 1.807) is 6.07 Å². The number of nitrogens with one attached hydrogen (secondary N) is 1. The number of pyridine rings is 1. The van der Waals surface area contributed by atoms with Crippen LogP contribution in [0.3, 0.4) is 0 Å². The summed E-state index contributed by atoms with van der Waals surface area (Å²) in [5.74, 6) is -0.196. The molecule has 1 aromatic heterocycles. The average Bonchev–Trinajstić information content (AvgIpc) is 2.97. The Morgan fingerprint density at radius 1 is 1.30 bits per heavy atom. The number of carbonyl (C=O) groups is 1. The number of hydroxylamine groups is 1.